The lowest BCUT2D eigenvalue weighted by Gasteiger charge is -2.73. The van der Waals surface area contributed by atoms with Crippen LogP contribution in [0.3, 0.4) is 0 Å². The summed E-state index contributed by atoms with van der Waals surface area (Å²) in [6.45, 7) is 21.6. The van der Waals surface area contributed by atoms with E-state index in [0.717, 1.165) is 18.3 Å². The van der Waals surface area contributed by atoms with Crippen molar-refractivity contribution in [2.45, 2.75) is 118 Å². The van der Waals surface area contributed by atoms with Gasteiger partial charge in [0.05, 0.1) is 12.2 Å². The van der Waals surface area contributed by atoms with Crippen LogP contribution in [0, 0.1) is 56.7 Å². The van der Waals surface area contributed by atoms with E-state index < -0.39 is 6.10 Å². The van der Waals surface area contributed by atoms with E-state index in [-0.39, 0.29) is 22.3 Å². The van der Waals surface area contributed by atoms with Crippen LogP contribution in [0.2, 0.25) is 0 Å². The largest absolute Gasteiger partial charge is 0.392 e. The number of hydrogen-bond acceptors (Lipinski definition) is 2. The van der Waals surface area contributed by atoms with Gasteiger partial charge in [0.2, 0.25) is 0 Å². The average Bonchev–Trinajstić information content (AvgIpc) is 3.05. The smallest absolute Gasteiger partial charge is 0.0624 e. The molecular weight excluding hydrogens is 392 g/mol. The third kappa shape index (κ3) is 2.61. The van der Waals surface area contributed by atoms with Gasteiger partial charge in [0.15, 0.2) is 0 Å². The summed E-state index contributed by atoms with van der Waals surface area (Å²) in [5.74, 6) is 3.22. The molecule has 2 heteroatoms. The highest BCUT2D eigenvalue weighted by atomic mass is 16.3. The Morgan fingerprint density at radius 2 is 1.44 bits per heavy atom. The predicted octanol–water partition coefficient (Wildman–Crippen LogP) is 7.00. The fraction of sp³-hybridized carbons (Fsp3) is 0.933. The van der Waals surface area contributed by atoms with Gasteiger partial charge in [-0.3, -0.25) is 0 Å². The van der Waals surface area contributed by atoms with Gasteiger partial charge >= 0.3 is 0 Å². The lowest BCUT2D eigenvalue weighted by molar-refractivity contribution is -0.273. The monoisotopic (exact) mass is 442 g/mol. The van der Waals surface area contributed by atoms with E-state index in [0.29, 0.717) is 35.0 Å². The number of hydrogen-bond donors (Lipinski definition) is 2. The molecule has 0 amide bonds. The van der Waals surface area contributed by atoms with Gasteiger partial charge < -0.3 is 10.2 Å². The molecule has 0 aromatic rings. The maximum atomic E-state index is 11.5. The van der Waals surface area contributed by atoms with Crippen LogP contribution in [-0.4, -0.2) is 22.4 Å². The SMILES string of the molecule is C=C(C)[C@@H]1CC[C@]2(C)CC[C@]3(C)[C@H](CCC4[C@@]5(C)[C@H](O)C[C@H](O)C(C)(C)[C@@H]5CC[C@]43C)[C@@H]12. The van der Waals surface area contributed by atoms with Crippen LogP contribution in [0.25, 0.3) is 0 Å². The van der Waals surface area contributed by atoms with Gasteiger partial charge in [0, 0.05) is 11.8 Å². The normalized spacial score (nSPS) is 58.8. The first-order valence-electron chi connectivity index (χ1n) is 13.7. The molecule has 182 valence electrons. The van der Waals surface area contributed by atoms with E-state index in [1.54, 1.807) is 0 Å². The molecule has 32 heavy (non-hydrogen) atoms. The number of rotatable bonds is 1. The summed E-state index contributed by atoms with van der Waals surface area (Å²) in [5, 5.41) is 22.4. The predicted molar refractivity (Wildman–Crippen MR) is 132 cm³/mol. The summed E-state index contributed by atoms with van der Waals surface area (Å²) in [6, 6.07) is 0. The second-order valence-electron chi connectivity index (χ2n) is 14.8. The highest BCUT2D eigenvalue weighted by Crippen LogP contribution is 2.77. The first-order valence-corrected chi connectivity index (χ1v) is 13.7. The minimum atomic E-state index is -0.392. The van der Waals surface area contributed by atoms with Crippen LogP contribution >= 0.6 is 0 Å². The van der Waals surface area contributed by atoms with Gasteiger partial charge in [0.1, 0.15) is 0 Å². The molecule has 0 aromatic carbocycles. The van der Waals surface area contributed by atoms with E-state index in [1.165, 1.54) is 50.5 Å². The second kappa shape index (κ2) is 6.87. The second-order valence-corrected chi connectivity index (χ2v) is 14.8. The lowest BCUT2D eigenvalue weighted by Crippen LogP contribution is -2.69. The van der Waals surface area contributed by atoms with Gasteiger partial charge in [-0.15, -0.1) is 0 Å². The summed E-state index contributed by atoms with van der Waals surface area (Å²) in [5.41, 5.74) is 2.32. The van der Waals surface area contributed by atoms with Crippen LogP contribution in [0.4, 0.5) is 0 Å². The molecule has 5 rings (SSSR count). The zero-order valence-electron chi connectivity index (χ0n) is 22.0. The summed E-state index contributed by atoms with van der Waals surface area (Å²) in [7, 11) is 0. The number of aliphatic hydroxyl groups excluding tert-OH is 2. The third-order valence-electron chi connectivity index (χ3n) is 13.6. The van der Waals surface area contributed by atoms with Crippen molar-refractivity contribution in [3.8, 4) is 0 Å². The molecular formula is C30H50O2. The highest BCUT2D eigenvalue weighted by molar-refractivity contribution is 5.22. The lowest BCUT2D eigenvalue weighted by atomic mass is 9.32. The molecule has 0 saturated heterocycles. The molecule has 2 N–H and O–H groups in total. The third-order valence-corrected chi connectivity index (χ3v) is 13.6. The Kier molecular flexibility index (Phi) is 5.02. The van der Waals surface area contributed by atoms with Gasteiger partial charge in [-0.1, -0.05) is 53.7 Å². The molecule has 1 unspecified atom stereocenters. The van der Waals surface area contributed by atoms with Crippen molar-refractivity contribution in [3.63, 3.8) is 0 Å². The Balaban J connectivity index is 1.57. The quantitative estimate of drug-likeness (QED) is 0.429. The van der Waals surface area contributed by atoms with Crippen molar-refractivity contribution in [1.82, 2.24) is 0 Å². The topological polar surface area (TPSA) is 40.5 Å². The molecule has 0 aromatic heterocycles. The molecule has 5 aliphatic rings. The number of allylic oxidation sites excluding steroid dienone is 1. The molecule has 0 bridgehead atoms. The summed E-state index contributed by atoms with van der Waals surface area (Å²) in [4.78, 5) is 0. The average molecular weight is 443 g/mol. The van der Waals surface area contributed by atoms with Crippen molar-refractivity contribution in [2.24, 2.45) is 56.7 Å². The first kappa shape index (κ1) is 23.4. The minimum absolute atomic E-state index is 0.0894. The van der Waals surface area contributed by atoms with Crippen LogP contribution in [-0.2, 0) is 0 Å². The van der Waals surface area contributed by atoms with Crippen molar-refractivity contribution in [1.29, 1.82) is 0 Å². The van der Waals surface area contributed by atoms with E-state index >= 15 is 0 Å². The van der Waals surface area contributed by atoms with Gasteiger partial charge in [0.25, 0.3) is 0 Å². The molecule has 0 aliphatic heterocycles. The fourth-order valence-electron chi connectivity index (χ4n) is 11.4. The van der Waals surface area contributed by atoms with Gasteiger partial charge in [-0.25, -0.2) is 0 Å². The molecule has 2 nitrogen and oxygen atoms in total. The molecule has 0 heterocycles. The Morgan fingerprint density at radius 3 is 2.09 bits per heavy atom. The Labute approximate surface area is 197 Å². The van der Waals surface area contributed by atoms with E-state index in [4.69, 9.17) is 0 Å². The number of aliphatic hydroxyl groups is 2. The fourth-order valence-corrected chi connectivity index (χ4v) is 11.4. The zero-order chi connectivity index (χ0) is 23.5. The van der Waals surface area contributed by atoms with Crippen LogP contribution in [0.15, 0.2) is 12.2 Å². The maximum absolute atomic E-state index is 11.5. The van der Waals surface area contributed by atoms with E-state index in [9.17, 15) is 10.2 Å². The Hall–Kier alpha value is -0.340. The van der Waals surface area contributed by atoms with Crippen LogP contribution in [0.5, 0.6) is 0 Å². The molecule has 0 spiro atoms. The van der Waals surface area contributed by atoms with E-state index in [2.05, 4.69) is 55.0 Å². The van der Waals surface area contributed by atoms with Crippen molar-refractivity contribution >= 4 is 0 Å². The van der Waals surface area contributed by atoms with Gasteiger partial charge in [-0.2, -0.15) is 0 Å². The standard InChI is InChI=1S/C30H50O2/c1-18(2)19-11-13-27(5)15-16-28(6)20(25(19)27)9-10-22-29(28,7)14-12-21-26(3,4)23(31)17-24(32)30(21,22)8/h19-25,31-32H,1,9-17H2,2-8H3/t19-,20+,21-,22?,23-,24+,25+,27+,28+,29+,30-/m0/s1. The summed E-state index contributed by atoms with van der Waals surface area (Å²) in [6.07, 6.45) is 10.2. The Bertz CT molecular complexity index is 801. The molecule has 5 aliphatic carbocycles. The zero-order valence-corrected chi connectivity index (χ0v) is 22.0. The highest BCUT2D eigenvalue weighted by Gasteiger charge is 2.71. The van der Waals surface area contributed by atoms with E-state index in [1.807, 2.05) is 0 Å². The maximum Gasteiger partial charge on any atom is 0.0624 e. The number of fused-ring (bicyclic) bond motifs is 7. The summed E-state index contributed by atoms with van der Waals surface area (Å²) < 4.78 is 0. The Morgan fingerprint density at radius 1 is 0.750 bits per heavy atom. The van der Waals surface area contributed by atoms with Crippen molar-refractivity contribution in [2.75, 3.05) is 0 Å². The molecule has 11 atom stereocenters. The first-order chi connectivity index (χ1) is 14.7. The summed E-state index contributed by atoms with van der Waals surface area (Å²) >= 11 is 0. The van der Waals surface area contributed by atoms with Crippen LogP contribution in [0.1, 0.15) is 106 Å². The molecule has 0 radical (unpaired) electrons. The molecule has 5 fully saturated rings. The van der Waals surface area contributed by atoms with Gasteiger partial charge in [-0.05, 0) is 110 Å². The van der Waals surface area contributed by atoms with Crippen molar-refractivity contribution < 1.29 is 10.2 Å². The van der Waals surface area contributed by atoms with Crippen molar-refractivity contribution in [3.05, 3.63) is 12.2 Å². The minimum Gasteiger partial charge on any atom is -0.392 e. The molecule has 5 saturated carbocycles. The van der Waals surface area contributed by atoms with Crippen LogP contribution < -0.4 is 0 Å².